The van der Waals surface area contributed by atoms with Crippen molar-refractivity contribution in [1.82, 2.24) is 0 Å². The van der Waals surface area contributed by atoms with Gasteiger partial charge in [-0.05, 0) is 12.3 Å². The first kappa shape index (κ1) is 12.9. The van der Waals surface area contributed by atoms with E-state index in [0.717, 1.165) is 0 Å². The van der Waals surface area contributed by atoms with Crippen molar-refractivity contribution < 1.29 is 19.1 Å². The molecule has 0 aliphatic carbocycles. The topological polar surface area (TPSA) is 52.6 Å². The van der Waals surface area contributed by atoms with Gasteiger partial charge in [-0.2, -0.15) is 0 Å². The first-order valence-electron chi connectivity index (χ1n) is 4.67. The molecule has 0 saturated heterocycles. The van der Waals surface area contributed by atoms with Gasteiger partial charge in [0.25, 0.3) is 0 Å². The summed E-state index contributed by atoms with van der Waals surface area (Å²) in [6, 6.07) is 0. The van der Waals surface area contributed by atoms with E-state index < -0.39 is 0 Å². The number of carbonyl (C=O) groups is 2. The Morgan fingerprint density at radius 2 is 1.71 bits per heavy atom. The third-order valence-corrected chi connectivity index (χ3v) is 2.20. The zero-order chi connectivity index (χ0) is 11.1. The Morgan fingerprint density at radius 1 is 1.14 bits per heavy atom. The van der Waals surface area contributed by atoms with E-state index in [1.165, 1.54) is 14.2 Å². The number of esters is 2. The van der Waals surface area contributed by atoms with Crippen molar-refractivity contribution >= 4 is 11.9 Å². The molecule has 0 saturated carbocycles. The highest BCUT2D eigenvalue weighted by atomic mass is 16.5. The van der Waals surface area contributed by atoms with E-state index in [-0.39, 0.29) is 30.2 Å². The number of carbonyl (C=O) groups excluding carboxylic acids is 2. The maximum absolute atomic E-state index is 11.3. The van der Waals surface area contributed by atoms with Gasteiger partial charge in [-0.15, -0.1) is 0 Å². The molecule has 1 atom stereocenters. The summed E-state index contributed by atoms with van der Waals surface area (Å²) in [4.78, 5) is 22.2. The summed E-state index contributed by atoms with van der Waals surface area (Å²) in [6.45, 7) is 3.86. The minimum Gasteiger partial charge on any atom is -0.469 e. The molecule has 82 valence electrons. The number of rotatable bonds is 5. The molecule has 0 N–H and O–H groups in total. The molecule has 0 aromatic heterocycles. The summed E-state index contributed by atoms with van der Waals surface area (Å²) in [5, 5.41) is 0. The van der Waals surface area contributed by atoms with Crippen LogP contribution in [0.1, 0.15) is 26.7 Å². The summed E-state index contributed by atoms with van der Waals surface area (Å²) in [7, 11) is 2.70. The average Bonchev–Trinajstić information content (AvgIpc) is 2.16. The fraction of sp³-hybridized carbons (Fsp3) is 0.800. The van der Waals surface area contributed by atoms with E-state index in [2.05, 4.69) is 9.47 Å². The van der Waals surface area contributed by atoms with Gasteiger partial charge < -0.3 is 9.47 Å². The molecule has 1 unspecified atom stereocenters. The van der Waals surface area contributed by atoms with E-state index >= 15 is 0 Å². The molecule has 4 nitrogen and oxygen atoms in total. The van der Waals surface area contributed by atoms with Crippen molar-refractivity contribution in [3.05, 3.63) is 0 Å². The van der Waals surface area contributed by atoms with Crippen LogP contribution in [0.2, 0.25) is 0 Å². The van der Waals surface area contributed by atoms with Gasteiger partial charge in [0.2, 0.25) is 0 Å². The highest BCUT2D eigenvalue weighted by Gasteiger charge is 2.23. The van der Waals surface area contributed by atoms with Crippen LogP contribution < -0.4 is 0 Å². The molecule has 0 aliphatic heterocycles. The Morgan fingerprint density at radius 3 is 2.07 bits per heavy atom. The average molecular weight is 202 g/mol. The van der Waals surface area contributed by atoms with Gasteiger partial charge in [0, 0.05) is 6.42 Å². The third-order valence-electron chi connectivity index (χ3n) is 2.20. The number of methoxy groups -OCH3 is 2. The number of hydrogen-bond acceptors (Lipinski definition) is 4. The largest absolute Gasteiger partial charge is 0.469 e. The van der Waals surface area contributed by atoms with Gasteiger partial charge in [-0.25, -0.2) is 0 Å². The lowest BCUT2D eigenvalue weighted by atomic mass is 9.91. The Labute approximate surface area is 84.6 Å². The van der Waals surface area contributed by atoms with Gasteiger partial charge in [0.15, 0.2) is 0 Å². The Balaban J connectivity index is 4.11. The monoisotopic (exact) mass is 202 g/mol. The predicted octanol–water partition coefficient (Wildman–Crippen LogP) is 1.38. The van der Waals surface area contributed by atoms with E-state index in [0.29, 0.717) is 6.42 Å². The van der Waals surface area contributed by atoms with Crippen molar-refractivity contribution in [2.75, 3.05) is 14.2 Å². The highest BCUT2D eigenvalue weighted by Crippen LogP contribution is 2.18. The third kappa shape index (κ3) is 4.25. The lowest BCUT2D eigenvalue weighted by molar-refractivity contribution is -0.148. The van der Waals surface area contributed by atoms with Gasteiger partial charge in [0.1, 0.15) is 0 Å². The lowest BCUT2D eigenvalue weighted by Crippen LogP contribution is -2.22. The molecule has 0 spiro atoms. The summed E-state index contributed by atoms with van der Waals surface area (Å²) < 4.78 is 9.15. The smallest absolute Gasteiger partial charge is 0.308 e. The Hall–Kier alpha value is -1.06. The molecule has 0 radical (unpaired) electrons. The molecule has 0 bridgehead atoms. The van der Waals surface area contributed by atoms with Crippen LogP contribution in [0.25, 0.3) is 0 Å². The lowest BCUT2D eigenvalue weighted by Gasteiger charge is -2.17. The van der Waals surface area contributed by atoms with Crippen LogP contribution in [0.15, 0.2) is 0 Å². The summed E-state index contributed by atoms with van der Waals surface area (Å²) in [6.07, 6.45) is 0.742. The fourth-order valence-electron chi connectivity index (χ4n) is 1.25. The molecule has 0 aromatic carbocycles. The van der Waals surface area contributed by atoms with Gasteiger partial charge >= 0.3 is 11.9 Å². The minimum atomic E-state index is -0.292. The molecule has 0 aromatic rings. The summed E-state index contributed by atoms with van der Waals surface area (Å²) in [5.41, 5.74) is 0. The summed E-state index contributed by atoms with van der Waals surface area (Å²) >= 11 is 0. The second-order valence-electron chi connectivity index (χ2n) is 3.49. The van der Waals surface area contributed by atoms with Crippen LogP contribution in [-0.4, -0.2) is 26.2 Å². The van der Waals surface area contributed by atoms with Crippen molar-refractivity contribution in [3.63, 3.8) is 0 Å². The van der Waals surface area contributed by atoms with Crippen molar-refractivity contribution in [2.45, 2.75) is 26.7 Å². The maximum atomic E-state index is 11.3. The number of hydrogen-bond donors (Lipinski definition) is 0. The van der Waals surface area contributed by atoms with E-state index in [9.17, 15) is 9.59 Å². The normalized spacial score (nSPS) is 12.4. The van der Waals surface area contributed by atoms with Crippen LogP contribution in [0.5, 0.6) is 0 Å². The standard InChI is InChI=1S/C10H18O4/c1-7(2)8(10(12)14-4)5-6-9(11)13-3/h7-8H,5-6H2,1-4H3. The summed E-state index contributed by atoms with van der Waals surface area (Å²) in [5.74, 6) is -0.602. The molecule has 0 heterocycles. The fourth-order valence-corrected chi connectivity index (χ4v) is 1.25. The van der Waals surface area contributed by atoms with Gasteiger partial charge in [0.05, 0.1) is 20.1 Å². The quantitative estimate of drug-likeness (QED) is 0.632. The SMILES string of the molecule is COC(=O)CCC(C(=O)OC)C(C)C. The van der Waals surface area contributed by atoms with Crippen molar-refractivity contribution in [1.29, 1.82) is 0 Å². The Bertz CT molecular complexity index is 198. The molecule has 0 fully saturated rings. The van der Waals surface area contributed by atoms with Gasteiger partial charge in [-0.1, -0.05) is 13.8 Å². The van der Waals surface area contributed by atoms with Crippen LogP contribution in [0.4, 0.5) is 0 Å². The van der Waals surface area contributed by atoms with E-state index in [4.69, 9.17) is 0 Å². The molecule has 14 heavy (non-hydrogen) atoms. The molecular formula is C10H18O4. The first-order valence-corrected chi connectivity index (χ1v) is 4.67. The molecule has 0 aliphatic rings. The van der Waals surface area contributed by atoms with Gasteiger partial charge in [-0.3, -0.25) is 9.59 Å². The second kappa shape index (κ2) is 6.40. The predicted molar refractivity (Wildman–Crippen MR) is 51.6 cm³/mol. The zero-order valence-electron chi connectivity index (χ0n) is 9.20. The molecule has 0 rings (SSSR count). The zero-order valence-corrected chi connectivity index (χ0v) is 9.20. The first-order chi connectivity index (χ1) is 6.52. The van der Waals surface area contributed by atoms with Crippen molar-refractivity contribution in [3.8, 4) is 0 Å². The second-order valence-corrected chi connectivity index (χ2v) is 3.49. The number of ether oxygens (including phenoxy) is 2. The molecule has 4 heteroatoms. The maximum Gasteiger partial charge on any atom is 0.308 e. The van der Waals surface area contributed by atoms with E-state index in [1.807, 2.05) is 13.8 Å². The highest BCUT2D eigenvalue weighted by molar-refractivity contribution is 5.74. The van der Waals surface area contributed by atoms with E-state index in [1.54, 1.807) is 0 Å². The molecular weight excluding hydrogens is 184 g/mol. The van der Waals surface area contributed by atoms with Crippen LogP contribution in [0, 0.1) is 11.8 Å². The van der Waals surface area contributed by atoms with Crippen LogP contribution in [-0.2, 0) is 19.1 Å². The molecule has 0 amide bonds. The van der Waals surface area contributed by atoms with Crippen LogP contribution >= 0.6 is 0 Å². The Kier molecular flexibility index (Phi) is 5.92. The van der Waals surface area contributed by atoms with Crippen LogP contribution in [0.3, 0.4) is 0 Å². The van der Waals surface area contributed by atoms with Crippen molar-refractivity contribution in [2.24, 2.45) is 11.8 Å². The minimum absolute atomic E-state index is 0.173.